The van der Waals surface area contributed by atoms with Crippen molar-refractivity contribution >= 4 is 118 Å². The highest BCUT2D eigenvalue weighted by Gasteiger charge is 2.40. The number of carbonyl (C=O) groups excluding carboxylic acids is 17. The van der Waals surface area contributed by atoms with Crippen LogP contribution in [0.5, 0.6) is 5.75 Å². The van der Waals surface area contributed by atoms with Crippen LogP contribution in [0, 0.1) is 47.3 Å². The number of primary amides is 1. The smallest absolute Gasteiger partial charge is 0.326 e. The molecule has 2 aromatic carbocycles. The van der Waals surface area contributed by atoms with Crippen LogP contribution >= 0.6 is 11.8 Å². The summed E-state index contributed by atoms with van der Waals surface area (Å²) < 4.78 is 0. The SMILES string of the molecule is CSCC[C@H](NC(=O)[C@@H](NC(=O)[C@H](CC(C)C)NC(=O)[C@H](C)NC(=O)[C@H](Cc1ccccc1)NC(=O)[C@@H](N)CC(C)C)C(C)C)C(=O)N[C@@H](CC(C)C)C(=O)NCC(=O)N[C@@H](CC(N)=O)C(=O)N[C@H](C(=O)N[C@@H](CC(C)C)C(=O)N[C@@H](Cc1ccc(O)cc1)C(=O)NCC(=O)N[C@@H](CC(C)C)C(=O)N[C@@H](CO)C(=O)N[C@H](C(=O)N[C@@H](CC(C)C)C(=O)O)C(C)C)[C@@H](C)O. The molecule has 0 spiro atoms. The monoisotopic (exact) mass is 1820 g/mol. The van der Waals surface area contributed by atoms with Crippen molar-refractivity contribution in [3.05, 3.63) is 65.7 Å². The number of rotatable bonds is 58. The first-order valence-corrected chi connectivity index (χ1v) is 44.8. The van der Waals surface area contributed by atoms with Crippen molar-refractivity contribution < 1.29 is 107 Å². The van der Waals surface area contributed by atoms with E-state index in [1.165, 1.54) is 43.0 Å². The lowest BCUT2D eigenvalue weighted by molar-refractivity contribution is -0.143. The lowest BCUT2D eigenvalue weighted by atomic mass is 9.99. The minimum Gasteiger partial charge on any atom is -0.508 e. The van der Waals surface area contributed by atoms with Crippen molar-refractivity contribution in [2.24, 2.45) is 58.8 Å². The number of phenolic OH excluding ortho intramolecular Hbond substituents is 1. The van der Waals surface area contributed by atoms with Gasteiger partial charge in [-0.2, -0.15) is 11.8 Å². The minimum absolute atomic E-state index is 0.0144. The maximum Gasteiger partial charge on any atom is 0.326 e. The Morgan fingerprint density at radius 1 is 0.352 bits per heavy atom. The molecule has 0 heterocycles. The molecule has 128 heavy (non-hydrogen) atoms. The highest BCUT2D eigenvalue weighted by molar-refractivity contribution is 7.98. The molecule has 0 bridgehead atoms. The average molecular weight is 1820 g/mol. The van der Waals surface area contributed by atoms with E-state index in [9.17, 15) is 107 Å². The van der Waals surface area contributed by atoms with Gasteiger partial charge in [-0.1, -0.05) is 153 Å². The van der Waals surface area contributed by atoms with E-state index in [0.29, 0.717) is 17.7 Å². The van der Waals surface area contributed by atoms with Crippen molar-refractivity contribution in [2.45, 2.75) is 286 Å². The Balaban J connectivity index is 2.34. The molecule has 0 radical (unpaired) electrons. The third-order valence-corrected chi connectivity index (χ3v) is 20.6. The summed E-state index contributed by atoms with van der Waals surface area (Å²) in [6, 6.07) is -6.80. The number of hydrogen-bond acceptors (Lipinski definition) is 23. The van der Waals surface area contributed by atoms with Gasteiger partial charge in [-0.05, 0) is 141 Å². The molecule has 24 N–H and O–H groups in total. The maximum atomic E-state index is 14.5. The summed E-state index contributed by atoms with van der Waals surface area (Å²) in [5.41, 5.74) is 12.8. The second-order valence-electron chi connectivity index (χ2n) is 35.5. The molecule has 17 amide bonds. The Hall–Kier alpha value is -11.1. The van der Waals surface area contributed by atoms with Gasteiger partial charge in [0.1, 0.15) is 90.3 Å². The number of aliphatic carboxylic acids is 1. The van der Waals surface area contributed by atoms with Crippen molar-refractivity contribution in [1.82, 2.24) is 85.1 Å². The number of aliphatic hydroxyl groups excluding tert-OH is 2. The molecule has 0 aliphatic rings. The third kappa shape index (κ3) is 42.7. The molecule has 2 rings (SSSR count). The molecule has 0 saturated heterocycles. The number of nitrogens with two attached hydrogens (primary N) is 2. The van der Waals surface area contributed by atoms with Crippen LogP contribution in [0.25, 0.3) is 0 Å². The summed E-state index contributed by atoms with van der Waals surface area (Å²) in [6.45, 7) is 27.4. The number of phenols is 1. The largest absolute Gasteiger partial charge is 0.508 e. The van der Waals surface area contributed by atoms with Gasteiger partial charge in [0, 0.05) is 12.8 Å². The Morgan fingerprint density at radius 2 is 0.680 bits per heavy atom. The fourth-order valence-corrected chi connectivity index (χ4v) is 13.7. The van der Waals surface area contributed by atoms with Gasteiger partial charge in [-0.3, -0.25) is 81.5 Å². The molecule has 40 nitrogen and oxygen atoms in total. The van der Waals surface area contributed by atoms with Gasteiger partial charge in [0.2, 0.25) is 100 Å². The van der Waals surface area contributed by atoms with Crippen molar-refractivity contribution in [2.75, 3.05) is 31.7 Å². The molecule has 2 aromatic rings. The Morgan fingerprint density at radius 3 is 1.12 bits per heavy atom. The van der Waals surface area contributed by atoms with E-state index >= 15 is 0 Å². The van der Waals surface area contributed by atoms with E-state index < -0.39 is 247 Å². The number of amides is 17. The van der Waals surface area contributed by atoms with Gasteiger partial charge < -0.3 is 117 Å². The number of hydrogen-bond donors (Lipinski definition) is 22. The molecule has 0 aliphatic heterocycles. The summed E-state index contributed by atoms with van der Waals surface area (Å²) in [6.07, 6.45) is -0.855. The van der Waals surface area contributed by atoms with Crippen LogP contribution < -0.4 is 96.5 Å². The van der Waals surface area contributed by atoms with Crippen LogP contribution in [0.15, 0.2) is 54.6 Å². The van der Waals surface area contributed by atoms with Gasteiger partial charge in [0.15, 0.2) is 0 Å². The third-order valence-electron chi connectivity index (χ3n) is 20.0. The van der Waals surface area contributed by atoms with E-state index in [0.717, 1.165) is 12.5 Å². The molecule has 0 unspecified atom stereocenters. The first-order chi connectivity index (χ1) is 59.8. The molecule has 0 aromatic heterocycles. The van der Waals surface area contributed by atoms with Crippen LogP contribution in [-0.2, 0) is 99.1 Å². The standard InChI is InChI=1S/C87H142N18O22S/c1-43(2)31-56(88)74(113)97-63(37-53-23-21-20-22-24-53)78(117)92-51(17)73(112)96-61(35-47(9)10)81(120)103-70(49(13)14)84(123)95-57(29-30-128-19)77(116)98-58(32-44(3)4)75(114)90-41-69(111)94-64(39-67(89)109)82(121)105-72(52(18)107)86(125)100-60(34-46(7)8)80(119)99-62(38-54-25-27-55(108)28-26-54)76(115)91-40-68(110)93-59(33-45(5)6)79(118)102-66(42-106)83(122)104-71(50(15)16)85(124)101-65(87(126)127)36-48(11)12/h20-28,43-52,56-66,70-72,106-108H,29-42,88H2,1-19H3,(H2,89,109)(H,90,114)(H,91,115)(H,92,117)(H,93,110)(H,94,111)(H,95,123)(H,96,112)(H,97,113)(H,98,116)(H,99,119)(H,100,125)(H,101,124)(H,102,118)(H,103,120)(H,104,122)(H,105,121)(H,126,127)/t51-,52+,56-,57-,58-,59-,60-,61-,62-,63-,64-,65-,66-,70-,71-,72-/m0/s1. The molecule has 41 heteroatoms. The topological polar surface area (TPSA) is 633 Å². The summed E-state index contributed by atoms with van der Waals surface area (Å²) in [5.74, 6) is -19.3. The highest BCUT2D eigenvalue weighted by Crippen LogP contribution is 2.18. The molecule has 0 fully saturated rings. The summed E-state index contributed by atoms with van der Waals surface area (Å²) in [4.78, 5) is 248. The first-order valence-electron chi connectivity index (χ1n) is 43.4. The van der Waals surface area contributed by atoms with Crippen LogP contribution in [0.4, 0.5) is 0 Å². The van der Waals surface area contributed by atoms with Crippen LogP contribution in [0.3, 0.4) is 0 Å². The van der Waals surface area contributed by atoms with E-state index in [1.54, 1.807) is 134 Å². The zero-order valence-electron chi connectivity index (χ0n) is 77.2. The zero-order valence-corrected chi connectivity index (χ0v) is 78.0. The van der Waals surface area contributed by atoms with Gasteiger partial charge in [0.05, 0.1) is 38.3 Å². The van der Waals surface area contributed by atoms with Crippen LogP contribution in [0.2, 0.25) is 0 Å². The van der Waals surface area contributed by atoms with Gasteiger partial charge >= 0.3 is 5.97 Å². The zero-order chi connectivity index (χ0) is 97.3. The number of carbonyl (C=O) groups is 18. The van der Waals surface area contributed by atoms with Crippen LogP contribution in [0.1, 0.15) is 187 Å². The second kappa shape index (κ2) is 57.0. The molecule has 0 saturated carbocycles. The fraction of sp³-hybridized carbons (Fsp3) is 0.655. The van der Waals surface area contributed by atoms with E-state index in [-0.39, 0.29) is 86.7 Å². The normalized spacial score (nSPS) is 15.2. The number of aliphatic hydroxyl groups is 2. The van der Waals surface area contributed by atoms with E-state index in [1.807, 2.05) is 13.8 Å². The summed E-state index contributed by atoms with van der Waals surface area (Å²) in [7, 11) is 0. The minimum atomic E-state index is -1.95. The molecule has 718 valence electrons. The predicted molar refractivity (Wildman–Crippen MR) is 478 cm³/mol. The second-order valence-corrected chi connectivity index (χ2v) is 36.5. The number of thioether (sulfide) groups is 1. The number of nitrogens with one attached hydrogen (secondary N) is 16. The summed E-state index contributed by atoms with van der Waals surface area (Å²) in [5, 5.41) is 81.5. The fourth-order valence-electron chi connectivity index (χ4n) is 13.2. The van der Waals surface area contributed by atoms with E-state index in [4.69, 9.17) is 11.5 Å². The Kier molecular flexibility index (Phi) is 50.3. The quantitative estimate of drug-likeness (QED) is 0.0348. The number of aromatic hydroxyl groups is 1. The number of carboxylic acid groups (broad SMARTS) is 1. The molecular weight excluding hydrogens is 1680 g/mol. The van der Waals surface area contributed by atoms with Crippen molar-refractivity contribution in [3.63, 3.8) is 0 Å². The van der Waals surface area contributed by atoms with Crippen LogP contribution in [-0.4, -0.2) is 255 Å². The molecule has 0 aliphatic carbocycles. The Bertz CT molecular complexity index is 4020. The highest BCUT2D eigenvalue weighted by atomic mass is 32.2. The Labute approximate surface area is 754 Å². The maximum absolute atomic E-state index is 14.5. The average Bonchev–Trinajstić information content (AvgIpc) is 0.858. The number of benzene rings is 2. The summed E-state index contributed by atoms with van der Waals surface area (Å²) >= 11 is 1.33. The van der Waals surface area contributed by atoms with Crippen molar-refractivity contribution in [3.8, 4) is 5.75 Å². The van der Waals surface area contributed by atoms with Crippen molar-refractivity contribution in [1.29, 1.82) is 0 Å². The molecular formula is C87H142N18O22S. The van der Waals surface area contributed by atoms with Gasteiger partial charge in [-0.15, -0.1) is 0 Å². The lowest BCUT2D eigenvalue weighted by Crippen LogP contribution is -2.61. The number of carboxylic acids is 1. The molecule has 16 atom stereocenters. The first kappa shape index (κ1) is 113. The van der Waals surface area contributed by atoms with Gasteiger partial charge in [-0.25, -0.2) is 4.79 Å². The lowest BCUT2D eigenvalue weighted by Gasteiger charge is -2.29. The van der Waals surface area contributed by atoms with Gasteiger partial charge in [0.25, 0.3) is 0 Å². The van der Waals surface area contributed by atoms with E-state index in [2.05, 4.69) is 85.1 Å². The predicted octanol–water partition coefficient (Wildman–Crippen LogP) is -1.78.